The monoisotopic (exact) mass is 347 g/mol. The van der Waals surface area contributed by atoms with Gasteiger partial charge in [0.05, 0.1) is 19.9 Å². The summed E-state index contributed by atoms with van der Waals surface area (Å²) in [5.41, 5.74) is 9.10. The average molecular weight is 347 g/mol. The van der Waals surface area contributed by atoms with Gasteiger partial charge in [-0.25, -0.2) is 4.98 Å². The van der Waals surface area contributed by atoms with Crippen molar-refractivity contribution in [2.45, 2.75) is 0 Å². The molecular formula is C20H17N3O3. The third-order valence-corrected chi connectivity index (χ3v) is 4.02. The zero-order chi connectivity index (χ0) is 18.7. The van der Waals surface area contributed by atoms with Gasteiger partial charge in [-0.2, -0.15) is 5.26 Å². The van der Waals surface area contributed by atoms with Crippen LogP contribution in [-0.4, -0.2) is 24.3 Å². The number of ether oxygens (including phenoxy) is 2. The van der Waals surface area contributed by atoms with E-state index in [1.165, 1.54) is 0 Å². The molecule has 130 valence electrons. The summed E-state index contributed by atoms with van der Waals surface area (Å²) in [7, 11) is 3.13. The van der Waals surface area contributed by atoms with E-state index in [0.29, 0.717) is 28.3 Å². The fourth-order valence-corrected chi connectivity index (χ4v) is 2.69. The van der Waals surface area contributed by atoms with E-state index in [9.17, 15) is 10.4 Å². The lowest BCUT2D eigenvalue weighted by Crippen LogP contribution is -2.00. The summed E-state index contributed by atoms with van der Waals surface area (Å²) in [4.78, 5) is 4.36. The molecule has 6 heteroatoms. The van der Waals surface area contributed by atoms with Crippen LogP contribution in [0.1, 0.15) is 5.56 Å². The first-order valence-electron chi connectivity index (χ1n) is 7.79. The first kappa shape index (κ1) is 17.1. The molecule has 0 aliphatic carbocycles. The molecule has 0 amide bonds. The number of methoxy groups -OCH3 is 2. The number of hydrogen-bond donors (Lipinski definition) is 2. The first-order chi connectivity index (χ1) is 12.6. The van der Waals surface area contributed by atoms with Crippen LogP contribution in [0.2, 0.25) is 0 Å². The average Bonchev–Trinajstić information content (AvgIpc) is 2.67. The molecule has 3 aromatic rings. The van der Waals surface area contributed by atoms with Crippen LogP contribution in [0.25, 0.3) is 22.4 Å². The number of hydrogen-bond acceptors (Lipinski definition) is 6. The van der Waals surface area contributed by atoms with Crippen LogP contribution in [-0.2, 0) is 0 Å². The highest BCUT2D eigenvalue weighted by molar-refractivity contribution is 5.80. The van der Waals surface area contributed by atoms with E-state index in [1.807, 2.05) is 6.07 Å². The number of anilines is 1. The third kappa shape index (κ3) is 3.10. The topological polar surface area (TPSA) is 101 Å². The molecular weight excluding hydrogens is 330 g/mol. The number of aromatic hydroxyl groups is 1. The molecule has 0 unspecified atom stereocenters. The smallest absolute Gasteiger partial charge is 0.161 e. The fraction of sp³-hybridized carbons (Fsp3) is 0.100. The molecule has 2 aromatic carbocycles. The molecule has 1 heterocycles. The Morgan fingerprint density at radius 1 is 0.962 bits per heavy atom. The molecule has 3 N–H and O–H groups in total. The van der Waals surface area contributed by atoms with Crippen molar-refractivity contribution < 1.29 is 14.6 Å². The molecule has 26 heavy (non-hydrogen) atoms. The highest BCUT2D eigenvalue weighted by Gasteiger charge is 2.15. The van der Waals surface area contributed by atoms with Crippen LogP contribution in [0, 0.1) is 11.3 Å². The van der Waals surface area contributed by atoms with Crippen LogP contribution in [0.15, 0.2) is 48.5 Å². The van der Waals surface area contributed by atoms with Gasteiger partial charge in [0, 0.05) is 11.1 Å². The molecule has 1 aromatic heterocycles. The van der Waals surface area contributed by atoms with Gasteiger partial charge in [-0.15, -0.1) is 0 Å². The molecule has 0 aliphatic rings. The minimum Gasteiger partial charge on any atom is -0.508 e. The number of rotatable bonds is 4. The molecule has 0 aliphatic heterocycles. The van der Waals surface area contributed by atoms with E-state index in [-0.39, 0.29) is 11.6 Å². The summed E-state index contributed by atoms with van der Waals surface area (Å²) in [6.45, 7) is 0. The van der Waals surface area contributed by atoms with Crippen LogP contribution >= 0.6 is 0 Å². The summed E-state index contributed by atoms with van der Waals surface area (Å²) in [6.07, 6.45) is 0. The van der Waals surface area contributed by atoms with Gasteiger partial charge in [-0.3, -0.25) is 0 Å². The van der Waals surface area contributed by atoms with Crippen molar-refractivity contribution in [1.82, 2.24) is 4.98 Å². The summed E-state index contributed by atoms with van der Waals surface area (Å²) < 4.78 is 10.6. The summed E-state index contributed by atoms with van der Waals surface area (Å²) >= 11 is 0. The molecule has 0 atom stereocenters. The number of nitriles is 1. The third-order valence-electron chi connectivity index (χ3n) is 4.02. The Kier molecular flexibility index (Phi) is 4.63. The number of benzene rings is 2. The van der Waals surface area contributed by atoms with Crippen molar-refractivity contribution in [3.05, 3.63) is 54.1 Å². The number of phenols is 1. The molecule has 3 rings (SSSR count). The second kappa shape index (κ2) is 7.03. The van der Waals surface area contributed by atoms with Gasteiger partial charge in [0.15, 0.2) is 11.5 Å². The Hall–Kier alpha value is -3.72. The fourth-order valence-electron chi connectivity index (χ4n) is 2.69. The van der Waals surface area contributed by atoms with E-state index >= 15 is 0 Å². The number of pyridine rings is 1. The zero-order valence-corrected chi connectivity index (χ0v) is 14.4. The van der Waals surface area contributed by atoms with Crippen LogP contribution in [0.4, 0.5) is 5.82 Å². The number of phenolic OH excluding ortho intramolecular Hbond substituents is 1. The molecule has 0 saturated heterocycles. The maximum Gasteiger partial charge on any atom is 0.161 e. The van der Waals surface area contributed by atoms with Crippen LogP contribution in [0.5, 0.6) is 17.2 Å². The van der Waals surface area contributed by atoms with Crippen molar-refractivity contribution in [3.63, 3.8) is 0 Å². The first-order valence-corrected chi connectivity index (χ1v) is 7.79. The number of aromatic nitrogens is 1. The minimum absolute atomic E-state index is 0.142. The van der Waals surface area contributed by atoms with E-state index in [2.05, 4.69) is 11.1 Å². The summed E-state index contributed by atoms with van der Waals surface area (Å²) in [6, 6.07) is 15.9. The van der Waals surface area contributed by atoms with Crippen molar-refractivity contribution in [3.8, 4) is 45.7 Å². The second-order valence-corrected chi connectivity index (χ2v) is 5.54. The molecule has 0 fully saturated rings. The second-order valence-electron chi connectivity index (χ2n) is 5.54. The van der Waals surface area contributed by atoms with Crippen LogP contribution in [0.3, 0.4) is 0 Å². The zero-order valence-electron chi connectivity index (χ0n) is 14.4. The van der Waals surface area contributed by atoms with Gasteiger partial charge in [0.1, 0.15) is 23.2 Å². The number of nitrogens with zero attached hydrogens (tertiary/aromatic N) is 2. The number of nitrogens with two attached hydrogens (primary N) is 1. The van der Waals surface area contributed by atoms with Gasteiger partial charge < -0.3 is 20.3 Å². The maximum absolute atomic E-state index is 9.50. The number of nitrogen functional groups attached to an aromatic ring is 1. The molecule has 6 nitrogen and oxygen atoms in total. The lowest BCUT2D eigenvalue weighted by atomic mass is 9.98. The predicted molar refractivity (Wildman–Crippen MR) is 99.0 cm³/mol. The Balaban J connectivity index is 2.18. The van der Waals surface area contributed by atoms with Crippen molar-refractivity contribution in [2.24, 2.45) is 0 Å². The standard InChI is InChI=1S/C20H17N3O3/c1-25-18-8-5-13(9-19(18)26-2)17-10-15(16(11-21)20(22)23-17)12-3-6-14(24)7-4-12/h3-10,24H,1-2H3,(H2,22,23). The molecule has 0 bridgehead atoms. The predicted octanol–water partition coefficient (Wildman–Crippen LogP) is 3.59. The highest BCUT2D eigenvalue weighted by Crippen LogP contribution is 2.35. The van der Waals surface area contributed by atoms with Crippen LogP contribution < -0.4 is 15.2 Å². The normalized spacial score (nSPS) is 10.2. The Bertz CT molecular complexity index is 992. The summed E-state index contributed by atoms with van der Waals surface area (Å²) in [5, 5.41) is 19.0. The molecule has 0 spiro atoms. The van der Waals surface area contributed by atoms with Gasteiger partial charge in [0.2, 0.25) is 0 Å². The van der Waals surface area contributed by atoms with Crippen molar-refractivity contribution in [1.29, 1.82) is 5.26 Å². The lowest BCUT2D eigenvalue weighted by Gasteiger charge is -2.12. The Morgan fingerprint density at radius 3 is 2.23 bits per heavy atom. The molecule has 0 radical (unpaired) electrons. The van der Waals surface area contributed by atoms with E-state index in [4.69, 9.17) is 15.2 Å². The van der Waals surface area contributed by atoms with E-state index in [0.717, 1.165) is 11.1 Å². The summed E-state index contributed by atoms with van der Waals surface area (Å²) in [5.74, 6) is 1.47. The largest absolute Gasteiger partial charge is 0.508 e. The quantitative estimate of drug-likeness (QED) is 0.748. The van der Waals surface area contributed by atoms with E-state index < -0.39 is 0 Å². The van der Waals surface area contributed by atoms with E-state index in [1.54, 1.807) is 56.7 Å². The van der Waals surface area contributed by atoms with Crippen molar-refractivity contribution >= 4 is 5.82 Å². The van der Waals surface area contributed by atoms with Gasteiger partial charge in [0.25, 0.3) is 0 Å². The lowest BCUT2D eigenvalue weighted by molar-refractivity contribution is 0.355. The van der Waals surface area contributed by atoms with Gasteiger partial charge in [-0.05, 0) is 42.0 Å². The van der Waals surface area contributed by atoms with Crippen molar-refractivity contribution in [2.75, 3.05) is 20.0 Å². The Labute approximate surface area is 151 Å². The van der Waals surface area contributed by atoms with Gasteiger partial charge in [-0.1, -0.05) is 12.1 Å². The maximum atomic E-state index is 9.50. The SMILES string of the molecule is COc1ccc(-c2cc(-c3ccc(O)cc3)c(C#N)c(N)n2)cc1OC. The van der Waals surface area contributed by atoms with Gasteiger partial charge >= 0.3 is 0 Å². The highest BCUT2D eigenvalue weighted by atomic mass is 16.5. The molecule has 0 saturated carbocycles. The minimum atomic E-state index is 0.142. The Morgan fingerprint density at radius 2 is 1.62 bits per heavy atom.